The molecule has 1 aliphatic heterocycles. The number of aliphatic hydroxyl groups is 1. The zero-order valence-corrected chi connectivity index (χ0v) is 5.63. The van der Waals surface area contributed by atoms with Gasteiger partial charge in [-0.15, -0.1) is 0 Å². The first-order valence-electron chi connectivity index (χ1n) is 3.59. The molecule has 0 bridgehead atoms. The van der Waals surface area contributed by atoms with Gasteiger partial charge in [0.15, 0.2) is 0 Å². The fraction of sp³-hybridized carbons (Fsp3) is 1.00. The Morgan fingerprint density at radius 1 is 1.56 bits per heavy atom. The molecule has 3 atom stereocenters. The minimum Gasteiger partial charge on any atom is -0.390 e. The Bertz CT molecular complexity index is 135. The quantitative estimate of drug-likeness (QED) is 0.487. The van der Waals surface area contributed by atoms with E-state index in [1.165, 1.54) is 0 Å². The number of hydrogen-bond acceptors (Lipinski definition) is 2. The highest BCUT2D eigenvalue weighted by Gasteiger charge is 2.58. The van der Waals surface area contributed by atoms with E-state index in [9.17, 15) is 5.11 Å². The average Bonchev–Trinajstić information content (AvgIpc) is 2.44. The normalized spacial score (nSPS) is 56.7. The molecule has 0 radical (unpaired) electrons. The van der Waals surface area contributed by atoms with Crippen LogP contribution in [-0.4, -0.2) is 22.9 Å². The van der Waals surface area contributed by atoms with Crippen LogP contribution in [0.3, 0.4) is 0 Å². The van der Waals surface area contributed by atoms with Crippen LogP contribution in [0.25, 0.3) is 0 Å². The third-order valence-electron chi connectivity index (χ3n) is 2.58. The summed E-state index contributed by atoms with van der Waals surface area (Å²) in [5, 5.41) is 9.35. The molecular weight excluding hydrogens is 116 g/mol. The van der Waals surface area contributed by atoms with Crippen molar-refractivity contribution in [3.63, 3.8) is 0 Å². The van der Waals surface area contributed by atoms with Gasteiger partial charge in [0.1, 0.15) is 5.60 Å². The summed E-state index contributed by atoms with van der Waals surface area (Å²) in [6.45, 7) is 2.00. The van der Waals surface area contributed by atoms with Crippen molar-refractivity contribution in [3.05, 3.63) is 0 Å². The highest BCUT2D eigenvalue weighted by molar-refractivity contribution is 5.06. The summed E-state index contributed by atoms with van der Waals surface area (Å²) in [5.41, 5.74) is -0.141. The third kappa shape index (κ3) is 0.634. The SMILES string of the molecule is CC12O[C@H]1CCC[C@H]2O. The van der Waals surface area contributed by atoms with E-state index in [1.54, 1.807) is 0 Å². The predicted molar refractivity (Wildman–Crippen MR) is 33.1 cm³/mol. The van der Waals surface area contributed by atoms with E-state index >= 15 is 0 Å². The topological polar surface area (TPSA) is 32.8 Å². The van der Waals surface area contributed by atoms with Crippen LogP contribution in [0.5, 0.6) is 0 Å². The highest BCUT2D eigenvalue weighted by atomic mass is 16.6. The fourth-order valence-corrected chi connectivity index (χ4v) is 1.69. The average molecular weight is 128 g/mol. The lowest BCUT2D eigenvalue weighted by molar-refractivity contribution is 0.0744. The van der Waals surface area contributed by atoms with Gasteiger partial charge in [0.05, 0.1) is 12.2 Å². The molecule has 2 rings (SSSR count). The van der Waals surface area contributed by atoms with Crippen molar-refractivity contribution in [1.82, 2.24) is 0 Å². The van der Waals surface area contributed by atoms with Crippen molar-refractivity contribution in [2.24, 2.45) is 0 Å². The first-order valence-corrected chi connectivity index (χ1v) is 3.59. The second-order valence-corrected chi connectivity index (χ2v) is 3.24. The number of epoxide rings is 1. The Kier molecular flexibility index (Phi) is 0.945. The van der Waals surface area contributed by atoms with Crippen LogP contribution in [0.2, 0.25) is 0 Å². The maximum atomic E-state index is 9.35. The number of ether oxygens (including phenoxy) is 1. The molecule has 0 amide bonds. The van der Waals surface area contributed by atoms with E-state index in [-0.39, 0.29) is 11.7 Å². The van der Waals surface area contributed by atoms with E-state index in [0.717, 1.165) is 19.3 Å². The maximum absolute atomic E-state index is 9.35. The first-order chi connectivity index (χ1) is 4.23. The number of fused-ring (bicyclic) bond motifs is 1. The Balaban J connectivity index is 2.10. The van der Waals surface area contributed by atoms with Crippen molar-refractivity contribution < 1.29 is 9.84 Å². The number of hydrogen-bond donors (Lipinski definition) is 1. The zero-order valence-electron chi connectivity index (χ0n) is 5.63. The van der Waals surface area contributed by atoms with Gasteiger partial charge in [-0.05, 0) is 26.2 Å². The van der Waals surface area contributed by atoms with Gasteiger partial charge in [-0.3, -0.25) is 0 Å². The molecule has 1 saturated heterocycles. The lowest BCUT2D eigenvalue weighted by Crippen LogP contribution is -2.32. The van der Waals surface area contributed by atoms with Gasteiger partial charge in [0.25, 0.3) is 0 Å². The molecule has 2 nitrogen and oxygen atoms in total. The van der Waals surface area contributed by atoms with E-state index in [0.29, 0.717) is 6.10 Å². The van der Waals surface area contributed by atoms with E-state index in [4.69, 9.17) is 4.74 Å². The van der Waals surface area contributed by atoms with Gasteiger partial charge in [-0.2, -0.15) is 0 Å². The summed E-state index contributed by atoms with van der Waals surface area (Å²) in [5.74, 6) is 0. The van der Waals surface area contributed by atoms with Crippen LogP contribution in [0, 0.1) is 0 Å². The van der Waals surface area contributed by atoms with Gasteiger partial charge in [0.2, 0.25) is 0 Å². The minimum absolute atomic E-state index is 0.141. The first kappa shape index (κ1) is 5.69. The molecule has 0 aromatic carbocycles. The smallest absolute Gasteiger partial charge is 0.118 e. The molecule has 0 spiro atoms. The Labute approximate surface area is 54.8 Å². The molecule has 0 aromatic heterocycles. The summed E-state index contributed by atoms with van der Waals surface area (Å²) in [4.78, 5) is 0. The maximum Gasteiger partial charge on any atom is 0.118 e. The molecular formula is C7H12O2. The van der Waals surface area contributed by atoms with Crippen molar-refractivity contribution in [2.45, 2.75) is 44.0 Å². The van der Waals surface area contributed by atoms with Crippen LogP contribution < -0.4 is 0 Å². The monoisotopic (exact) mass is 128 g/mol. The molecule has 9 heavy (non-hydrogen) atoms. The predicted octanol–water partition coefficient (Wildman–Crippen LogP) is 0.689. The van der Waals surface area contributed by atoms with Crippen LogP contribution in [0.1, 0.15) is 26.2 Å². The molecule has 52 valence electrons. The molecule has 0 aromatic rings. The van der Waals surface area contributed by atoms with Gasteiger partial charge < -0.3 is 9.84 Å². The number of rotatable bonds is 0. The van der Waals surface area contributed by atoms with E-state index in [2.05, 4.69) is 0 Å². The summed E-state index contributed by atoms with van der Waals surface area (Å²) < 4.78 is 5.33. The second kappa shape index (κ2) is 1.50. The summed E-state index contributed by atoms with van der Waals surface area (Å²) in [6, 6.07) is 0. The summed E-state index contributed by atoms with van der Waals surface area (Å²) in [7, 11) is 0. The Hall–Kier alpha value is -0.0800. The lowest BCUT2D eigenvalue weighted by Gasteiger charge is -2.18. The lowest BCUT2D eigenvalue weighted by atomic mass is 9.88. The van der Waals surface area contributed by atoms with E-state index in [1.807, 2.05) is 6.92 Å². The van der Waals surface area contributed by atoms with Gasteiger partial charge in [0, 0.05) is 0 Å². The van der Waals surface area contributed by atoms with Gasteiger partial charge in [-0.25, -0.2) is 0 Å². The molecule has 1 saturated carbocycles. The van der Waals surface area contributed by atoms with Crippen LogP contribution in [0.4, 0.5) is 0 Å². The third-order valence-corrected chi connectivity index (χ3v) is 2.58. The van der Waals surface area contributed by atoms with Crippen molar-refractivity contribution in [3.8, 4) is 0 Å². The Morgan fingerprint density at radius 3 is 2.89 bits per heavy atom. The van der Waals surface area contributed by atoms with Crippen LogP contribution in [-0.2, 0) is 4.74 Å². The minimum atomic E-state index is -0.198. The summed E-state index contributed by atoms with van der Waals surface area (Å²) in [6.07, 6.45) is 3.37. The standard InChI is InChI=1S/C7H12O2/c1-7-5(8)3-2-4-6(7)9-7/h5-6,8H,2-4H2,1H3/t5-,6+,7?/m1/s1. The van der Waals surface area contributed by atoms with E-state index < -0.39 is 0 Å². The molecule has 1 heterocycles. The van der Waals surface area contributed by atoms with Crippen molar-refractivity contribution in [1.29, 1.82) is 0 Å². The van der Waals surface area contributed by atoms with Crippen molar-refractivity contribution >= 4 is 0 Å². The Morgan fingerprint density at radius 2 is 2.33 bits per heavy atom. The molecule has 2 fully saturated rings. The summed E-state index contributed by atoms with van der Waals surface area (Å²) >= 11 is 0. The second-order valence-electron chi connectivity index (χ2n) is 3.24. The molecule has 1 aliphatic carbocycles. The molecule has 2 aliphatic rings. The van der Waals surface area contributed by atoms with Crippen LogP contribution in [0.15, 0.2) is 0 Å². The zero-order chi connectivity index (χ0) is 6.48. The highest BCUT2D eigenvalue weighted by Crippen LogP contribution is 2.47. The fourth-order valence-electron chi connectivity index (χ4n) is 1.69. The van der Waals surface area contributed by atoms with Gasteiger partial charge in [-0.1, -0.05) is 0 Å². The van der Waals surface area contributed by atoms with Gasteiger partial charge >= 0.3 is 0 Å². The van der Waals surface area contributed by atoms with Crippen LogP contribution >= 0.6 is 0 Å². The molecule has 2 heteroatoms. The van der Waals surface area contributed by atoms with Crippen molar-refractivity contribution in [2.75, 3.05) is 0 Å². The largest absolute Gasteiger partial charge is 0.390 e. The number of aliphatic hydroxyl groups excluding tert-OH is 1. The molecule has 1 N–H and O–H groups in total. The molecule has 1 unspecified atom stereocenters.